The van der Waals surface area contributed by atoms with E-state index in [2.05, 4.69) is 19.2 Å². The molecule has 1 aliphatic rings. The van der Waals surface area contributed by atoms with E-state index in [0.29, 0.717) is 29.6 Å². The Morgan fingerprint density at radius 2 is 1.90 bits per heavy atom. The van der Waals surface area contributed by atoms with Crippen LogP contribution < -0.4 is 19.7 Å². The SMILES string of the molecule is CC[C@H](C)c1ccc(NC(=O)[C@H]2CC(=O)N(c3cc(OC)ccc3OC)C2)cc1. The van der Waals surface area contributed by atoms with Crippen LogP contribution in [0, 0.1) is 5.92 Å². The molecule has 2 aromatic rings. The Labute approximate surface area is 171 Å². The Bertz CT molecular complexity index is 879. The second-order valence-electron chi connectivity index (χ2n) is 7.36. The Kier molecular flexibility index (Phi) is 6.42. The van der Waals surface area contributed by atoms with E-state index in [1.165, 1.54) is 5.56 Å². The molecule has 1 saturated heterocycles. The van der Waals surface area contributed by atoms with Crippen molar-refractivity contribution in [3.63, 3.8) is 0 Å². The third kappa shape index (κ3) is 4.53. The molecule has 0 unspecified atom stereocenters. The molecule has 0 saturated carbocycles. The molecule has 0 radical (unpaired) electrons. The summed E-state index contributed by atoms with van der Waals surface area (Å²) in [6.45, 7) is 4.64. The zero-order valence-corrected chi connectivity index (χ0v) is 17.4. The molecule has 0 bridgehead atoms. The maximum absolute atomic E-state index is 12.7. The molecule has 0 aromatic heterocycles. The van der Waals surface area contributed by atoms with Crippen molar-refractivity contribution in [3.05, 3.63) is 48.0 Å². The van der Waals surface area contributed by atoms with Gasteiger partial charge in [0.25, 0.3) is 0 Å². The van der Waals surface area contributed by atoms with Crippen molar-refractivity contribution in [3.8, 4) is 11.5 Å². The topological polar surface area (TPSA) is 67.9 Å². The van der Waals surface area contributed by atoms with E-state index in [1.54, 1.807) is 37.3 Å². The number of hydrogen-bond donors (Lipinski definition) is 1. The summed E-state index contributed by atoms with van der Waals surface area (Å²) < 4.78 is 10.7. The van der Waals surface area contributed by atoms with Gasteiger partial charge in [0.2, 0.25) is 11.8 Å². The lowest BCUT2D eigenvalue weighted by Gasteiger charge is -2.20. The first-order chi connectivity index (χ1) is 14.0. The van der Waals surface area contributed by atoms with Crippen LogP contribution in [0.1, 0.15) is 38.2 Å². The average Bonchev–Trinajstić information content (AvgIpc) is 3.14. The van der Waals surface area contributed by atoms with Gasteiger partial charge in [0.05, 0.1) is 25.8 Å². The summed E-state index contributed by atoms with van der Waals surface area (Å²) in [5, 5.41) is 2.94. The molecule has 2 amide bonds. The van der Waals surface area contributed by atoms with Gasteiger partial charge in [-0.25, -0.2) is 0 Å². The van der Waals surface area contributed by atoms with Crippen molar-refractivity contribution in [1.82, 2.24) is 0 Å². The van der Waals surface area contributed by atoms with Gasteiger partial charge in [-0.15, -0.1) is 0 Å². The van der Waals surface area contributed by atoms with Gasteiger partial charge in [-0.05, 0) is 42.2 Å². The van der Waals surface area contributed by atoms with E-state index in [4.69, 9.17) is 9.47 Å². The fourth-order valence-corrected chi connectivity index (χ4v) is 3.50. The van der Waals surface area contributed by atoms with E-state index >= 15 is 0 Å². The van der Waals surface area contributed by atoms with Crippen LogP contribution in [0.2, 0.25) is 0 Å². The monoisotopic (exact) mass is 396 g/mol. The fourth-order valence-electron chi connectivity index (χ4n) is 3.50. The predicted molar refractivity (Wildman–Crippen MR) is 114 cm³/mol. The van der Waals surface area contributed by atoms with Crippen LogP contribution in [-0.2, 0) is 9.59 Å². The summed E-state index contributed by atoms with van der Waals surface area (Å²) in [4.78, 5) is 27.0. The molecule has 154 valence electrons. The number of nitrogens with one attached hydrogen (secondary N) is 1. The minimum Gasteiger partial charge on any atom is -0.497 e. The highest BCUT2D eigenvalue weighted by Gasteiger charge is 2.36. The lowest BCUT2D eigenvalue weighted by Crippen LogP contribution is -2.28. The summed E-state index contributed by atoms with van der Waals surface area (Å²) in [6, 6.07) is 13.2. The van der Waals surface area contributed by atoms with Crippen LogP contribution in [0.3, 0.4) is 0 Å². The molecular weight excluding hydrogens is 368 g/mol. The molecule has 3 rings (SSSR count). The van der Waals surface area contributed by atoms with Gasteiger partial charge < -0.3 is 19.7 Å². The molecular formula is C23H28N2O4. The maximum Gasteiger partial charge on any atom is 0.229 e. The van der Waals surface area contributed by atoms with Gasteiger partial charge in [0.1, 0.15) is 11.5 Å². The van der Waals surface area contributed by atoms with Crippen LogP contribution in [-0.4, -0.2) is 32.6 Å². The number of rotatable bonds is 7. The van der Waals surface area contributed by atoms with Crippen LogP contribution in [0.15, 0.2) is 42.5 Å². The first-order valence-corrected chi connectivity index (χ1v) is 9.90. The zero-order chi connectivity index (χ0) is 21.0. The highest BCUT2D eigenvalue weighted by molar-refractivity contribution is 6.04. The van der Waals surface area contributed by atoms with Gasteiger partial charge in [-0.3, -0.25) is 9.59 Å². The summed E-state index contributed by atoms with van der Waals surface area (Å²) >= 11 is 0. The molecule has 6 heteroatoms. The summed E-state index contributed by atoms with van der Waals surface area (Å²) in [5.41, 5.74) is 2.61. The normalized spacial score (nSPS) is 17.2. The Morgan fingerprint density at radius 1 is 1.17 bits per heavy atom. The van der Waals surface area contributed by atoms with Crippen LogP contribution in [0.4, 0.5) is 11.4 Å². The van der Waals surface area contributed by atoms with Crippen molar-refractivity contribution in [2.45, 2.75) is 32.6 Å². The Balaban J connectivity index is 1.71. The zero-order valence-electron chi connectivity index (χ0n) is 17.4. The largest absolute Gasteiger partial charge is 0.497 e. The van der Waals surface area contributed by atoms with Gasteiger partial charge >= 0.3 is 0 Å². The third-order valence-corrected chi connectivity index (χ3v) is 5.53. The van der Waals surface area contributed by atoms with Crippen molar-refractivity contribution in [2.75, 3.05) is 31.0 Å². The highest BCUT2D eigenvalue weighted by atomic mass is 16.5. The average molecular weight is 396 g/mol. The molecule has 2 atom stereocenters. The van der Waals surface area contributed by atoms with E-state index < -0.39 is 5.92 Å². The summed E-state index contributed by atoms with van der Waals surface area (Å²) in [7, 11) is 3.12. The second kappa shape index (κ2) is 8.99. The van der Waals surface area contributed by atoms with Crippen molar-refractivity contribution >= 4 is 23.2 Å². The summed E-state index contributed by atoms with van der Waals surface area (Å²) in [6.07, 6.45) is 1.23. The molecule has 0 aliphatic carbocycles. The van der Waals surface area contributed by atoms with E-state index in [9.17, 15) is 9.59 Å². The number of methoxy groups -OCH3 is 2. The predicted octanol–water partition coefficient (Wildman–Crippen LogP) is 4.21. The number of anilines is 2. The number of nitrogens with zero attached hydrogens (tertiary/aromatic N) is 1. The molecule has 2 aromatic carbocycles. The maximum atomic E-state index is 12.7. The van der Waals surface area contributed by atoms with Crippen LogP contribution in [0.25, 0.3) is 0 Å². The van der Waals surface area contributed by atoms with Crippen LogP contribution in [0.5, 0.6) is 11.5 Å². The van der Waals surface area contributed by atoms with Gasteiger partial charge in [-0.2, -0.15) is 0 Å². The summed E-state index contributed by atoms with van der Waals surface area (Å²) in [5.74, 6) is 0.998. The van der Waals surface area contributed by atoms with Crippen molar-refractivity contribution < 1.29 is 19.1 Å². The van der Waals surface area contributed by atoms with Gasteiger partial charge in [0, 0.05) is 24.7 Å². The lowest BCUT2D eigenvalue weighted by molar-refractivity contribution is -0.122. The van der Waals surface area contributed by atoms with E-state index in [-0.39, 0.29) is 18.2 Å². The minimum atomic E-state index is -0.423. The van der Waals surface area contributed by atoms with Crippen molar-refractivity contribution in [2.24, 2.45) is 5.92 Å². The van der Waals surface area contributed by atoms with Crippen LogP contribution >= 0.6 is 0 Å². The highest BCUT2D eigenvalue weighted by Crippen LogP contribution is 2.36. The molecule has 29 heavy (non-hydrogen) atoms. The van der Waals surface area contributed by atoms with E-state index in [1.807, 2.05) is 24.3 Å². The third-order valence-electron chi connectivity index (χ3n) is 5.53. The van der Waals surface area contributed by atoms with Gasteiger partial charge in [-0.1, -0.05) is 26.0 Å². The lowest BCUT2D eigenvalue weighted by atomic mass is 9.98. The second-order valence-corrected chi connectivity index (χ2v) is 7.36. The number of benzene rings is 2. The Morgan fingerprint density at radius 3 is 2.52 bits per heavy atom. The first-order valence-electron chi connectivity index (χ1n) is 9.90. The Hall–Kier alpha value is -3.02. The number of amides is 2. The number of carbonyl (C=O) groups excluding carboxylic acids is 2. The molecule has 1 heterocycles. The number of ether oxygens (including phenoxy) is 2. The van der Waals surface area contributed by atoms with E-state index in [0.717, 1.165) is 12.1 Å². The molecule has 6 nitrogen and oxygen atoms in total. The van der Waals surface area contributed by atoms with Gasteiger partial charge in [0.15, 0.2) is 0 Å². The fraction of sp³-hybridized carbons (Fsp3) is 0.391. The number of carbonyl (C=O) groups is 2. The molecule has 0 spiro atoms. The minimum absolute atomic E-state index is 0.108. The molecule has 1 fully saturated rings. The smallest absolute Gasteiger partial charge is 0.229 e. The molecule has 1 N–H and O–H groups in total. The molecule has 1 aliphatic heterocycles. The standard InChI is InChI=1S/C23H28N2O4/c1-5-15(2)16-6-8-18(9-7-16)24-23(27)17-12-22(26)25(14-17)20-13-19(28-3)10-11-21(20)29-4/h6-11,13,15,17H,5,12,14H2,1-4H3,(H,24,27)/t15-,17-/m0/s1. The van der Waals surface area contributed by atoms with Crippen molar-refractivity contribution in [1.29, 1.82) is 0 Å². The first kappa shape index (κ1) is 20.7. The number of hydrogen-bond acceptors (Lipinski definition) is 4. The quantitative estimate of drug-likeness (QED) is 0.761.